The molecule has 25 heavy (non-hydrogen) atoms. The minimum atomic E-state index is -0.135. The van der Waals surface area contributed by atoms with Crippen molar-refractivity contribution in [2.75, 3.05) is 6.54 Å². The van der Waals surface area contributed by atoms with E-state index in [1.807, 2.05) is 19.9 Å². The van der Waals surface area contributed by atoms with Crippen molar-refractivity contribution in [3.05, 3.63) is 53.4 Å². The van der Waals surface area contributed by atoms with Crippen LogP contribution in [0.5, 0.6) is 0 Å². The topological polar surface area (TPSA) is 58.4 Å². The number of hydrogen-bond acceptors (Lipinski definition) is 4. The summed E-state index contributed by atoms with van der Waals surface area (Å²) in [7, 11) is 0. The third-order valence-corrected chi connectivity index (χ3v) is 4.91. The number of amides is 1. The minimum Gasteiger partial charge on any atom is -0.360 e. The molecule has 1 aliphatic rings. The molecule has 5 heteroatoms. The van der Waals surface area contributed by atoms with Gasteiger partial charge in [0.15, 0.2) is 5.69 Å². The Hall–Kier alpha value is -2.14. The molecular formula is C20H27N3O2. The summed E-state index contributed by atoms with van der Waals surface area (Å²) < 4.78 is 5.22. The zero-order valence-corrected chi connectivity index (χ0v) is 15.2. The van der Waals surface area contributed by atoms with Gasteiger partial charge in [-0.3, -0.25) is 9.69 Å². The molecule has 1 N–H and O–H groups in total. The van der Waals surface area contributed by atoms with Gasteiger partial charge in [-0.25, -0.2) is 0 Å². The summed E-state index contributed by atoms with van der Waals surface area (Å²) in [6.45, 7) is 8.22. The Morgan fingerprint density at radius 2 is 2.12 bits per heavy atom. The van der Waals surface area contributed by atoms with Crippen LogP contribution in [0.1, 0.15) is 61.3 Å². The van der Waals surface area contributed by atoms with Crippen molar-refractivity contribution in [3.63, 3.8) is 0 Å². The van der Waals surface area contributed by atoms with Gasteiger partial charge in [0.2, 0.25) is 0 Å². The number of carbonyl (C=O) groups is 1. The highest BCUT2D eigenvalue weighted by molar-refractivity contribution is 5.92. The first-order chi connectivity index (χ1) is 12.0. The van der Waals surface area contributed by atoms with Gasteiger partial charge < -0.3 is 9.84 Å². The van der Waals surface area contributed by atoms with Crippen LogP contribution < -0.4 is 5.32 Å². The van der Waals surface area contributed by atoms with Crippen LogP contribution in [0.4, 0.5) is 0 Å². The van der Waals surface area contributed by atoms with Crippen LogP contribution in [0.15, 0.2) is 40.9 Å². The van der Waals surface area contributed by atoms with Gasteiger partial charge in [-0.15, -0.1) is 0 Å². The number of carbonyl (C=O) groups excluding carboxylic acids is 1. The number of likely N-dealkylation sites (tertiary alicyclic amines) is 1. The standard InChI is InChI=1S/C20H27N3O2/c1-14(2)19-12-18(22-25-19)20(24)21-17-9-10-23(15(3)11-17)13-16-7-5-4-6-8-16/h4-8,12,14-15,17H,9-11,13H2,1-3H3,(H,21,24). The van der Waals surface area contributed by atoms with Gasteiger partial charge in [0, 0.05) is 37.2 Å². The molecule has 1 aromatic heterocycles. The van der Waals surface area contributed by atoms with Gasteiger partial charge in [-0.05, 0) is 25.3 Å². The van der Waals surface area contributed by atoms with Gasteiger partial charge in [-0.1, -0.05) is 49.3 Å². The van der Waals surface area contributed by atoms with Crippen LogP contribution in [0, 0.1) is 0 Å². The predicted molar refractivity (Wildman–Crippen MR) is 97.4 cm³/mol. The maximum Gasteiger partial charge on any atom is 0.273 e. The van der Waals surface area contributed by atoms with Crippen molar-refractivity contribution in [2.24, 2.45) is 0 Å². The Balaban J connectivity index is 1.53. The average molecular weight is 341 g/mol. The Morgan fingerprint density at radius 3 is 2.76 bits per heavy atom. The van der Waals surface area contributed by atoms with Crippen LogP contribution in [-0.2, 0) is 6.54 Å². The summed E-state index contributed by atoms with van der Waals surface area (Å²) in [6.07, 6.45) is 1.91. The molecule has 0 aliphatic carbocycles. The molecule has 0 radical (unpaired) electrons. The lowest BCUT2D eigenvalue weighted by atomic mass is 9.97. The first kappa shape index (κ1) is 17.7. The molecular weight excluding hydrogens is 314 g/mol. The van der Waals surface area contributed by atoms with E-state index in [0.717, 1.165) is 31.7 Å². The molecule has 1 aliphatic heterocycles. The molecule has 0 spiro atoms. The van der Waals surface area contributed by atoms with Crippen molar-refractivity contribution in [3.8, 4) is 0 Å². The van der Waals surface area contributed by atoms with Crippen LogP contribution in [0.3, 0.4) is 0 Å². The van der Waals surface area contributed by atoms with E-state index in [-0.39, 0.29) is 17.9 Å². The second-order valence-corrected chi connectivity index (χ2v) is 7.27. The molecule has 2 atom stereocenters. The van der Waals surface area contributed by atoms with E-state index in [1.165, 1.54) is 5.56 Å². The Kier molecular flexibility index (Phi) is 5.53. The minimum absolute atomic E-state index is 0.135. The summed E-state index contributed by atoms with van der Waals surface area (Å²) in [5, 5.41) is 7.01. The molecule has 134 valence electrons. The molecule has 0 bridgehead atoms. The fraction of sp³-hybridized carbons (Fsp3) is 0.500. The lowest BCUT2D eigenvalue weighted by Gasteiger charge is -2.37. The van der Waals surface area contributed by atoms with E-state index in [9.17, 15) is 4.79 Å². The Bertz CT molecular complexity index is 696. The van der Waals surface area contributed by atoms with E-state index in [0.29, 0.717) is 11.7 Å². The quantitative estimate of drug-likeness (QED) is 0.903. The van der Waals surface area contributed by atoms with Gasteiger partial charge in [0.05, 0.1) is 0 Å². The molecule has 1 aromatic carbocycles. The maximum atomic E-state index is 12.4. The van der Waals surface area contributed by atoms with Crippen molar-refractivity contribution >= 4 is 5.91 Å². The second kappa shape index (κ2) is 7.83. The van der Waals surface area contributed by atoms with Gasteiger partial charge in [0.1, 0.15) is 5.76 Å². The zero-order chi connectivity index (χ0) is 17.8. The van der Waals surface area contributed by atoms with Gasteiger partial charge in [0.25, 0.3) is 5.91 Å². The van der Waals surface area contributed by atoms with Crippen molar-refractivity contribution in [2.45, 2.75) is 58.2 Å². The maximum absolute atomic E-state index is 12.4. The number of hydrogen-bond donors (Lipinski definition) is 1. The molecule has 0 saturated carbocycles. The number of nitrogens with one attached hydrogen (secondary N) is 1. The number of aromatic nitrogens is 1. The zero-order valence-electron chi connectivity index (χ0n) is 15.2. The average Bonchev–Trinajstić information content (AvgIpc) is 3.09. The lowest BCUT2D eigenvalue weighted by molar-refractivity contribution is 0.0858. The molecule has 2 aromatic rings. The van der Waals surface area contributed by atoms with Crippen molar-refractivity contribution < 1.29 is 9.32 Å². The summed E-state index contributed by atoms with van der Waals surface area (Å²) in [5.74, 6) is 0.843. The van der Waals surface area contributed by atoms with Gasteiger partial charge in [-0.2, -0.15) is 0 Å². The largest absolute Gasteiger partial charge is 0.360 e. The molecule has 5 nitrogen and oxygen atoms in total. The van der Waals surface area contributed by atoms with E-state index in [4.69, 9.17) is 4.52 Å². The van der Waals surface area contributed by atoms with Gasteiger partial charge >= 0.3 is 0 Å². The van der Waals surface area contributed by atoms with Crippen LogP contribution >= 0.6 is 0 Å². The molecule has 2 unspecified atom stereocenters. The summed E-state index contributed by atoms with van der Waals surface area (Å²) in [4.78, 5) is 14.9. The number of benzene rings is 1. The third kappa shape index (κ3) is 4.48. The lowest BCUT2D eigenvalue weighted by Crippen LogP contribution is -2.48. The van der Waals surface area contributed by atoms with Crippen molar-refractivity contribution in [1.82, 2.24) is 15.4 Å². The summed E-state index contributed by atoms with van der Waals surface area (Å²) in [6, 6.07) is 12.9. The van der Waals surface area contributed by atoms with Crippen LogP contribution in [0.25, 0.3) is 0 Å². The van der Waals surface area contributed by atoms with E-state index in [1.54, 1.807) is 6.07 Å². The van der Waals surface area contributed by atoms with Crippen molar-refractivity contribution in [1.29, 1.82) is 0 Å². The predicted octanol–water partition coefficient (Wildman–Crippen LogP) is 3.58. The summed E-state index contributed by atoms with van der Waals surface area (Å²) in [5.41, 5.74) is 1.71. The highest BCUT2D eigenvalue weighted by atomic mass is 16.5. The van der Waals surface area contributed by atoms with E-state index < -0.39 is 0 Å². The highest BCUT2D eigenvalue weighted by Crippen LogP contribution is 2.21. The number of nitrogens with zero attached hydrogens (tertiary/aromatic N) is 2. The second-order valence-electron chi connectivity index (χ2n) is 7.27. The summed E-state index contributed by atoms with van der Waals surface area (Å²) >= 11 is 0. The molecule has 1 saturated heterocycles. The molecule has 2 heterocycles. The van der Waals surface area contributed by atoms with E-state index in [2.05, 4.69) is 46.6 Å². The first-order valence-corrected chi connectivity index (χ1v) is 9.08. The van der Waals surface area contributed by atoms with E-state index >= 15 is 0 Å². The number of piperidine rings is 1. The smallest absolute Gasteiger partial charge is 0.273 e. The van der Waals surface area contributed by atoms with Crippen LogP contribution in [0.2, 0.25) is 0 Å². The normalized spacial score (nSPS) is 21.4. The van der Waals surface area contributed by atoms with Crippen LogP contribution in [-0.4, -0.2) is 34.6 Å². The third-order valence-electron chi connectivity index (χ3n) is 4.91. The molecule has 1 fully saturated rings. The molecule has 3 rings (SSSR count). The monoisotopic (exact) mass is 341 g/mol. The Labute approximate surface area is 149 Å². The SMILES string of the molecule is CC(C)c1cc(C(=O)NC2CCN(Cc3ccccc3)C(C)C2)no1. The first-order valence-electron chi connectivity index (χ1n) is 9.08. The Morgan fingerprint density at radius 1 is 1.36 bits per heavy atom. The highest BCUT2D eigenvalue weighted by Gasteiger charge is 2.27. The fourth-order valence-electron chi connectivity index (χ4n) is 3.33. The molecule has 1 amide bonds. The number of rotatable bonds is 5. The fourth-order valence-corrected chi connectivity index (χ4v) is 3.33.